The molecule has 1 heterocycles. The summed E-state index contributed by atoms with van der Waals surface area (Å²) in [6.45, 7) is 6.45. The SMILES string of the molecule is CCC(CC)(CO)CNC(=O)c1c(C)nsc1NC. The van der Waals surface area contributed by atoms with Gasteiger partial charge < -0.3 is 15.7 Å². The van der Waals surface area contributed by atoms with Gasteiger partial charge in [0.25, 0.3) is 5.91 Å². The summed E-state index contributed by atoms with van der Waals surface area (Å²) in [4.78, 5) is 12.2. The minimum Gasteiger partial charge on any atom is -0.396 e. The predicted octanol–water partition coefficient (Wildman–Crippen LogP) is 2.02. The van der Waals surface area contributed by atoms with E-state index in [4.69, 9.17) is 0 Å². The standard InChI is InChI=1S/C13H23N3O2S/c1-5-13(6-2,8-17)7-15-11(18)10-9(3)16-19-12(10)14-4/h14,17H,5-8H2,1-4H3,(H,15,18). The molecule has 0 aliphatic heterocycles. The summed E-state index contributed by atoms with van der Waals surface area (Å²) in [5.41, 5.74) is 1.10. The van der Waals surface area contributed by atoms with Gasteiger partial charge in [-0.1, -0.05) is 13.8 Å². The lowest BCUT2D eigenvalue weighted by atomic mass is 9.83. The van der Waals surface area contributed by atoms with Crippen LogP contribution in [0.15, 0.2) is 0 Å². The second-order valence-corrected chi connectivity index (χ2v) is 5.54. The number of carbonyl (C=O) groups is 1. The normalized spacial score (nSPS) is 11.4. The number of aliphatic hydroxyl groups excluding tert-OH is 1. The van der Waals surface area contributed by atoms with Crippen molar-refractivity contribution in [3.8, 4) is 0 Å². The third-order valence-corrected chi connectivity index (χ3v) is 4.73. The third kappa shape index (κ3) is 3.45. The van der Waals surface area contributed by atoms with Crippen molar-refractivity contribution in [1.29, 1.82) is 0 Å². The minimum absolute atomic E-state index is 0.0834. The van der Waals surface area contributed by atoms with E-state index in [0.29, 0.717) is 12.1 Å². The zero-order valence-corrected chi connectivity index (χ0v) is 12.9. The topological polar surface area (TPSA) is 74.2 Å². The second-order valence-electron chi connectivity index (χ2n) is 4.77. The Morgan fingerprint density at radius 1 is 1.42 bits per heavy atom. The number of nitrogens with one attached hydrogen (secondary N) is 2. The minimum atomic E-state index is -0.229. The Balaban J connectivity index is 2.77. The number of amides is 1. The molecule has 5 nitrogen and oxygen atoms in total. The fourth-order valence-corrected chi connectivity index (χ4v) is 2.69. The number of aryl methyl sites for hydroxylation is 1. The van der Waals surface area contributed by atoms with E-state index < -0.39 is 0 Å². The van der Waals surface area contributed by atoms with Gasteiger partial charge in [0, 0.05) is 19.0 Å². The number of aromatic nitrogens is 1. The zero-order chi connectivity index (χ0) is 14.5. The number of anilines is 1. The van der Waals surface area contributed by atoms with Gasteiger partial charge in [0.2, 0.25) is 0 Å². The fourth-order valence-electron chi connectivity index (χ4n) is 1.94. The highest BCUT2D eigenvalue weighted by Gasteiger charge is 2.27. The van der Waals surface area contributed by atoms with Crippen molar-refractivity contribution in [2.45, 2.75) is 33.6 Å². The Morgan fingerprint density at radius 3 is 2.53 bits per heavy atom. The van der Waals surface area contributed by atoms with Crippen LogP contribution in [-0.2, 0) is 0 Å². The van der Waals surface area contributed by atoms with E-state index in [-0.39, 0.29) is 17.9 Å². The van der Waals surface area contributed by atoms with Crippen molar-refractivity contribution in [2.75, 3.05) is 25.5 Å². The molecule has 6 heteroatoms. The average Bonchev–Trinajstić information content (AvgIpc) is 2.82. The van der Waals surface area contributed by atoms with E-state index in [1.807, 2.05) is 20.8 Å². The smallest absolute Gasteiger partial charge is 0.256 e. The molecule has 0 aliphatic rings. The van der Waals surface area contributed by atoms with Crippen LogP contribution in [0, 0.1) is 12.3 Å². The van der Waals surface area contributed by atoms with Crippen molar-refractivity contribution in [2.24, 2.45) is 5.41 Å². The van der Waals surface area contributed by atoms with Crippen LogP contribution in [0.4, 0.5) is 5.00 Å². The highest BCUT2D eigenvalue weighted by molar-refractivity contribution is 7.10. The van der Waals surface area contributed by atoms with Crippen LogP contribution < -0.4 is 10.6 Å². The first-order chi connectivity index (χ1) is 9.03. The molecule has 0 saturated heterocycles. The Labute approximate surface area is 118 Å². The molecule has 1 rings (SSSR count). The molecule has 0 aliphatic carbocycles. The summed E-state index contributed by atoms with van der Waals surface area (Å²) in [5, 5.41) is 16.2. The van der Waals surface area contributed by atoms with Gasteiger partial charge in [-0.05, 0) is 31.3 Å². The van der Waals surface area contributed by atoms with Crippen LogP contribution in [0.3, 0.4) is 0 Å². The van der Waals surface area contributed by atoms with E-state index in [0.717, 1.165) is 23.5 Å². The van der Waals surface area contributed by atoms with Gasteiger partial charge in [0.05, 0.1) is 17.9 Å². The molecule has 0 bridgehead atoms. The summed E-state index contributed by atoms with van der Waals surface area (Å²) in [6.07, 6.45) is 1.67. The van der Waals surface area contributed by atoms with Crippen molar-refractivity contribution in [1.82, 2.24) is 9.69 Å². The van der Waals surface area contributed by atoms with E-state index >= 15 is 0 Å². The molecule has 3 N–H and O–H groups in total. The maximum absolute atomic E-state index is 12.2. The van der Waals surface area contributed by atoms with Crippen molar-refractivity contribution >= 4 is 22.4 Å². The quantitative estimate of drug-likeness (QED) is 0.716. The molecule has 1 aromatic rings. The van der Waals surface area contributed by atoms with E-state index in [1.54, 1.807) is 7.05 Å². The predicted molar refractivity (Wildman–Crippen MR) is 78.8 cm³/mol. The molecular formula is C13H23N3O2S. The van der Waals surface area contributed by atoms with Crippen LogP contribution in [0.25, 0.3) is 0 Å². The first-order valence-corrected chi connectivity index (χ1v) is 7.34. The summed E-state index contributed by atoms with van der Waals surface area (Å²) < 4.78 is 4.18. The molecule has 0 unspecified atom stereocenters. The van der Waals surface area contributed by atoms with Crippen LogP contribution in [0.1, 0.15) is 42.7 Å². The number of aliphatic hydroxyl groups is 1. The molecule has 108 valence electrons. The molecule has 1 aromatic heterocycles. The second kappa shape index (κ2) is 6.86. The molecule has 19 heavy (non-hydrogen) atoms. The van der Waals surface area contributed by atoms with Crippen molar-refractivity contribution < 1.29 is 9.90 Å². The largest absolute Gasteiger partial charge is 0.396 e. The van der Waals surface area contributed by atoms with Crippen LogP contribution >= 0.6 is 11.5 Å². The Hall–Kier alpha value is -1.14. The van der Waals surface area contributed by atoms with Gasteiger partial charge in [-0.2, -0.15) is 4.37 Å². The van der Waals surface area contributed by atoms with Gasteiger partial charge in [0.15, 0.2) is 0 Å². The van der Waals surface area contributed by atoms with E-state index in [1.165, 1.54) is 11.5 Å². The first kappa shape index (κ1) is 15.9. The Kier molecular flexibility index (Phi) is 5.75. The highest BCUT2D eigenvalue weighted by Crippen LogP contribution is 2.26. The lowest BCUT2D eigenvalue weighted by Crippen LogP contribution is -2.39. The van der Waals surface area contributed by atoms with E-state index in [2.05, 4.69) is 15.0 Å². The van der Waals surface area contributed by atoms with Crippen LogP contribution in [0.2, 0.25) is 0 Å². The molecule has 0 fully saturated rings. The monoisotopic (exact) mass is 285 g/mol. The van der Waals surface area contributed by atoms with Crippen molar-refractivity contribution in [3.63, 3.8) is 0 Å². The number of carbonyl (C=O) groups excluding carboxylic acids is 1. The summed E-state index contributed by atoms with van der Waals surface area (Å²) in [7, 11) is 1.78. The van der Waals surface area contributed by atoms with E-state index in [9.17, 15) is 9.90 Å². The molecular weight excluding hydrogens is 262 g/mol. The zero-order valence-electron chi connectivity index (χ0n) is 12.0. The van der Waals surface area contributed by atoms with Gasteiger partial charge in [-0.25, -0.2) is 0 Å². The lowest BCUT2D eigenvalue weighted by molar-refractivity contribution is 0.0851. The lowest BCUT2D eigenvalue weighted by Gasteiger charge is -2.29. The maximum atomic E-state index is 12.2. The third-order valence-electron chi connectivity index (χ3n) is 3.78. The number of nitrogens with zero attached hydrogens (tertiary/aromatic N) is 1. The summed E-state index contributed by atoms with van der Waals surface area (Å²) in [6, 6.07) is 0. The number of hydrogen-bond donors (Lipinski definition) is 3. The molecule has 0 atom stereocenters. The molecule has 0 aromatic carbocycles. The number of rotatable bonds is 7. The molecule has 0 radical (unpaired) electrons. The van der Waals surface area contributed by atoms with Gasteiger partial charge in [-0.15, -0.1) is 0 Å². The summed E-state index contributed by atoms with van der Waals surface area (Å²) in [5.74, 6) is -0.129. The van der Waals surface area contributed by atoms with Crippen molar-refractivity contribution in [3.05, 3.63) is 11.3 Å². The van der Waals surface area contributed by atoms with Crippen LogP contribution in [0.5, 0.6) is 0 Å². The Bertz CT molecular complexity index is 419. The molecule has 0 spiro atoms. The van der Waals surface area contributed by atoms with Crippen LogP contribution in [-0.4, -0.2) is 35.6 Å². The summed E-state index contributed by atoms with van der Waals surface area (Å²) >= 11 is 1.28. The first-order valence-electron chi connectivity index (χ1n) is 6.56. The fraction of sp³-hybridized carbons (Fsp3) is 0.692. The highest BCUT2D eigenvalue weighted by atomic mass is 32.1. The van der Waals surface area contributed by atoms with Gasteiger partial charge >= 0.3 is 0 Å². The average molecular weight is 285 g/mol. The maximum Gasteiger partial charge on any atom is 0.256 e. The van der Waals surface area contributed by atoms with Gasteiger partial charge in [-0.3, -0.25) is 4.79 Å². The Morgan fingerprint density at radius 2 is 2.05 bits per heavy atom. The molecule has 0 saturated carbocycles. The molecule has 1 amide bonds. The van der Waals surface area contributed by atoms with Gasteiger partial charge in [0.1, 0.15) is 5.00 Å². The number of hydrogen-bond acceptors (Lipinski definition) is 5.